The monoisotopic (exact) mass is 479 g/mol. The van der Waals surface area contributed by atoms with E-state index in [1.54, 1.807) is 31.2 Å². The first-order chi connectivity index (χ1) is 17.3. The van der Waals surface area contributed by atoms with Crippen LogP contribution in [0.3, 0.4) is 0 Å². The number of benzene rings is 4. The van der Waals surface area contributed by atoms with Crippen molar-refractivity contribution in [1.82, 2.24) is 10.2 Å². The molecule has 0 spiro atoms. The van der Waals surface area contributed by atoms with E-state index in [-0.39, 0.29) is 0 Å². The normalized spacial score (nSPS) is 17.2. The highest BCUT2D eigenvalue weighted by molar-refractivity contribution is 6.11. The van der Waals surface area contributed by atoms with Gasteiger partial charge in [0.25, 0.3) is 5.91 Å². The minimum Gasteiger partial charge on any atom is -0.455 e. The number of aryl methyl sites for hydroxylation is 1. The molecule has 1 aliphatic heterocycles. The molecule has 5 rings (SSSR count). The zero-order valence-electron chi connectivity index (χ0n) is 19.9. The van der Waals surface area contributed by atoms with E-state index in [0.717, 1.165) is 21.2 Å². The molecule has 36 heavy (non-hydrogen) atoms. The van der Waals surface area contributed by atoms with Crippen LogP contribution in [0.5, 0.6) is 11.5 Å². The van der Waals surface area contributed by atoms with Crippen LogP contribution in [0.15, 0.2) is 91.0 Å². The summed E-state index contributed by atoms with van der Waals surface area (Å²) in [5, 5.41) is 7.38. The minimum atomic E-state index is -1.29. The number of urea groups is 1. The number of rotatable bonds is 6. The summed E-state index contributed by atoms with van der Waals surface area (Å²) in [4.78, 5) is 40.1. The quantitative estimate of drug-likeness (QED) is 0.365. The van der Waals surface area contributed by atoms with Crippen LogP contribution in [0.4, 0.5) is 10.5 Å². The van der Waals surface area contributed by atoms with Crippen molar-refractivity contribution in [2.75, 3.05) is 11.9 Å². The number of carbonyl (C=O) groups is 3. The average Bonchev–Trinajstić information content (AvgIpc) is 3.09. The summed E-state index contributed by atoms with van der Waals surface area (Å²) >= 11 is 0. The van der Waals surface area contributed by atoms with Gasteiger partial charge in [-0.2, -0.15) is 0 Å². The molecule has 0 bridgehead atoms. The molecule has 0 radical (unpaired) electrons. The molecule has 1 heterocycles. The molecular formula is C29H25N3O4. The first-order valence-electron chi connectivity index (χ1n) is 11.6. The molecule has 0 aliphatic carbocycles. The SMILES string of the molecule is Cc1ccc(Oc2ccccc2NC(=O)CN2C(=O)NC(C)(c3cccc4ccccc34)C2=O)cc1. The van der Waals surface area contributed by atoms with Crippen LogP contribution in [-0.4, -0.2) is 29.3 Å². The van der Waals surface area contributed by atoms with Crippen molar-refractivity contribution >= 4 is 34.3 Å². The highest BCUT2D eigenvalue weighted by Gasteiger charge is 2.50. The van der Waals surface area contributed by atoms with Gasteiger partial charge in [-0.1, -0.05) is 72.3 Å². The predicted molar refractivity (Wildman–Crippen MR) is 138 cm³/mol. The summed E-state index contributed by atoms with van der Waals surface area (Å²) in [6.07, 6.45) is 0. The van der Waals surface area contributed by atoms with E-state index in [0.29, 0.717) is 22.7 Å². The molecule has 1 unspecified atom stereocenters. The summed E-state index contributed by atoms with van der Waals surface area (Å²) in [6, 6.07) is 27.2. The van der Waals surface area contributed by atoms with Gasteiger partial charge in [0.2, 0.25) is 5.91 Å². The smallest absolute Gasteiger partial charge is 0.325 e. The summed E-state index contributed by atoms with van der Waals surface area (Å²) in [5.41, 5.74) is 0.934. The third-order valence-corrected chi connectivity index (χ3v) is 6.31. The largest absolute Gasteiger partial charge is 0.455 e. The minimum absolute atomic E-state index is 0.427. The zero-order chi connectivity index (χ0) is 25.3. The summed E-state index contributed by atoms with van der Waals surface area (Å²) in [7, 11) is 0. The van der Waals surface area contributed by atoms with E-state index in [9.17, 15) is 14.4 Å². The molecule has 1 fully saturated rings. The Morgan fingerprint density at radius 3 is 2.42 bits per heavy atom. The number of nitrogens with zero attached hydrogens (tertiary/aromatic N) is 1. The summed E-state index contributed by atoms with van der Waals surface area (Å²) in [6.45, 7) is 3.22. The second-order valence-corrected chi connectivity index (χ2v) is 8.93. The van der Waals surface area contributed by atoms with Crippen molar-refractivity contribution in [3.05, 3.63) is 102 Å². The van der Waals surface area contributed by atoms with Gasteiger partial charge >= 0.3 is 6.03 Å². The Morgan fingerprint density at radius 1 is 0.917 bits per heavy atom. The number of para-hydroxylation sites is 2. The lowest BCUT2D eigenvalue weighted by Gasteiger charge is -2.24. The molecule has 7 heteroatoms. The fourth-order valence-corrected chi connectivity index (χ4v) is 4.41. The van der Waals surface area contributed by atoms with Crippen LogP contribution >= 0.6 is 0 Å². The maximum Gasteiger partial charge on any atom is 0.325 e. The third-order valence-electron chi connectivity index (χ3n) is 6.31. The Hall–Kier alpha value is -4.65. The number of carbonyl (C=O) groups excluding carboxylic acids is 3. The van der Waals surface area contributed by atoms with Gasteiger partial charge in [-0.15, -0.1) is 0 Å². The Bertz CT molecular complexity index is 1480. The number of amides is 4. The van der Waals surface area contributed by atoms with Crippen LogP contribution in [0.25, 0.3) is 10.8 Å². The molecule has 180 valence electrons. The maximum atomic E-state index is 13.4. The number of fused-ring (bicyclic) bond motifs is 1. The number of imide groups is 1. The van der Waals surface area contributed by atoms with Crippen molar-refractivity contribution in [2.45, 2.75) is 19.4 Å². The van der Waals surface area contributed by atoms with E-state index in [1.807, 2.05) is 73.7 Å². The first kappa shape index (κ1) is 23.1. The number of nitrogens with one attached hydrogen (secondary N) is 2. The highest BCUT2D eigenvalue weighted by Crippen LogP contribution is 2.34. The van der Waals surface area contributed by atoms with E-state index in [1.165, 1.54) is 0 Å². The van der Waals surface area contributed by atoms with Gasteiger partial charge < -0.3 is 15.4 Å². The Kier molecular flexibility index (Phi) is 5.90. The second kappa shape index (κ2) is 9.19. The van der Waals surface area contributed by atoms with Gasteiger partial charge in [-0.25, -0.2) is 4.79 Å². The number of ether oxygens (including phenoxy) is 1. The Morgan fingerprint density at radius 2 is 1.61 bits per heavy atom. The van der Waals surface area contributed by atoms with Gasteiger partial charge in [0.1, 0.15) is 17.8 Å². The molecule has 1 saturated heterocycles. The van der Waals surface area contributed by atoms with Crippen LogP contribution < -0.4 is 15.4 Å². The summed E-state index contributed by atoms with van der Waals surface area (Å²) in [5.74, 6) is 0.0820. The third kappa shape index (κ3) is 4.27. The molecular weight excluding hydrogens is 454 g/mol. The summed E-state index contributed by atoms with van der Waals surface area (Å²) < 4.78 is 5.93. The van der Waals surface area contributed by atoms with Gasteiger partial charge in [-0.05, 0) is 54.4 Å². The number of anilines is 1. The van der Waals surface area contributed by atoms with Gasteiger partial charge in [-0.3, -0.25) is 14.5 Å². The highest BCUT2D eigenvalue weighted by atomic mass is 16.5. The van der Waals surface area contributed by atoms with Gasteiger partial charge in [0, 0.05) is 0 Å². The molecule has 0 aromatic heterocycles. The number of hydrogen-bond donors (Lipinski definition) is 2. The second-order valence-electron chi connectivity index (χ2n) is 8.93. The van der Waals surface area contributed by atoms with Gasteiger partial charge in [0.15, 0.2) is 5.75 Å². The topological polar surface area (TPSA) is 87.7 Å². The number of hydrogen-bond acceptors (Lipinski definition) is 4. The predicted octanol–water partition coefficient (Wildman–Crippen LogP) is 5.35. The molecule has 1 atom stereocenters. The first-order valence-corrected chi connectivity index (χ1v) is 11.6. The van der Waals surface area contributed by atoms with Crippen LogP contribution in [0.1, 0.15) is 18.1 Å². The molecule has 4 aromatic carbocycles. The molecule has 4 aromatic rings. The molecule has 4 amide bonds. The fourth-order valence-electron chi connectivity index (χ4n) is 4.41. The van der Waals surface area contributed by atoms with E-state index < -0.39 is 29.9 Å². The average molecular weight is 480 g/mol. The van der Waals surface area contributed by atoms with Crippen molar-refractivity contribution < 1.29 is 19.1 Å². The van der Waals surface area contributed by atoms with Crippen LogP contribution in [0.2, 0.25) is 0 Å². The molecule has 2 N–H and O–H groups in total. The van der Waals surface area contributed by atoms with Crippen LogP contribution in [-0.2, 0) is 15.1 Å². The molecule has 7 nitrogen and oxygen atoms in total. The van der Waals surface area contributed by atoms with Crippen molar-refractivity contribution in [2.24, 2.45) is 0 Å². The zero-order valence-corrected chi connectivity index (χ0v) is 19.9. The van der Waals surface area contributed by atoms with E-state index in [2.05, 4.69) is 10.6 Å². The lowest BCUT2D eigenvalue weighted by Crippen LogP contribution is -2.42. The van der Waals surface area contributed by atoms with E-state index >= 15 is 0 Å². The molecule has 1 aliphatic rings. The standard InChI is InChI=1S/C29H25N3O4/c1-19-14-16-21(17-15-19)36-25-13-6-5-12-24(25)30-26(33)18-32-27(34)29(2,31-28(32)35)23-11-7-9-20-8-3-4-10-22(20)23/h3-17H,18H2,1-2H3,(H,30,33)(H,31,35). The van der Waals surface area contributed by atoms with Crippen molar-refractivity contribution in [3.63, 3.8) is 0 Å². The van der Waals surface area contributed by atoms with E-state index in [4.69, 9.17) is 4.74 Å². The Balaban J connectivity index is 1.34. The fraction of sp³-hybridized carbons (Fsp3) is 0.138. The van der Waals surface area contributed by atoms with Crippen LogP contribution in [0, 0.1) is 6.92 Å². The maximum absolute atomic E-state index is 13.4. The lowest BCUT2D eigenvalue weighted by atomic mass is 9.88. The lowest BCUT2D eigenvalue weighted by molar-refractivity contribution is -0.133. The Labute approximate surface area is 208 Å². The van der Waals surface area contributed by atoms with Crippen molar-refractivity contribution in [1.29, 1.82) is 0 Å². The molecule has 0 saturated carbocycles. The van der Waals surface area contributed by atoms with Gasteiger partial charge in [0.05, 0.1) is 5.69 Å². The van der Waals surface area contributed by atoms with Crippen molar-refractivity contribution in [3.8, 4) is 11.5 Å².